The number of rotatable bonds is 3. The number of nitrogens with zero attached hydrogens (tertiary/aromatic N) is 5. The molecule has 0 spiro atoms. The van der Waals surface area contributed by atoms with Crippen molar-refractivity contribution < 1.29 is 13.9 Å². The first-order valence-electron chi connectivity index (χ1n) is 11.6. The van der Waals surface area contributed by atoms with Crippen molar-refractivity contribution in [2.75, 3.05) is 29.9 Å². The maximum atomic E-state index is 15.0. The lowest BCUT2D eigenvalue weighted by molar-refractivity contribution is 0.0159. The van der Waals surface area contributed by atoms with E-state index in [4.69, 9.17) is 10.1 Å². The molecule has 0 saturated carbocycles. The molecule has 1 aliphatic heterocycles. The minimum atomic E-state index is -0.556. The number of fused-ring (bicyclic) bond motifs is 1. The summed E-state index contributed by atoms with van der Waals surface area (Å²) in [6, 6.07) is 6.90. The van der Waals surface area contributed by atoms with Crippen molar-refractivity contribution in [3.63, 3.8) is 0 Å². The van der Waals surface area contributed by atoms with Gasteiger partial charge in [-0.1, -0.05) is 0 Å². The standard InChI is InChI=1S/C25H32FN7O2/c1-15-9-19-11-18(10-16(2)33(19)30-15)22(27)29-23-21(26)12-20(13-28-23)31-7-8-32(17(3)14-31)24(34)35-25(4,5)6/h9-13,17H,7-8,14H2,1-6H3,(H2,27,28,29)/t17-/m0/s1. The Morgan fingerprint density at radius 3 is 2.60 bits per heavy atom. The number of piperazine rings is 1. The molecular formula is C25H32FN7O2. The summed E-state index contributed by atoms with van der Waals surface area (Å²) in [6.45, 7) is 12.8. The third-order valence-electron chi connectivity index (χ3n) is 5.84. The molecular weight excluding hydrogens is 449 g/mol. The van der Waals surface area contributed by atoms with Gasteiger partial charge >= 0.3 is 6.09 Å². The van der Waals surface area contributed by atoms with Gasteiger partial charge in [0.05, 0.1) is 23.1 Å². The number of aryl methyl sites for hydroxylation is 2. The molecule has 4 rings (SSSR count). The quantitative estimate of drug-likeness (QED) is 0.426. The highest BCUT2D eigenvalue weighted by Crippen LogP contribution is 2.24. The van der Waals surface area contributed by atoms with E-state index >= 15 is 0 Å². The molecule has 35 heavy (non-hydrogen) atoms. The van der Waals surface area contributed by atoms with E-state index in [9.17, 15) is 9.18 Å². The van der Waals surface area contributed by atoms with Crippen molar-refractivity contribution in [3.8, 4) is 0 Å². The van der Waals surface area contributed by atoms with Crippen LogP contribution in [0.15, 0.2) is 30.5 Å². The average Bonchev–Trinajstić information content (AvgIpc) is 3.14. The van der Waals surface area contributed by atoms with Crippen molar-refractivity contribution in [1.29, 1.82) is 5.41 Å². The molecule has 0 unspecified atom stereocenters. The number of aromatic nitrogens is 3. The van der Waals surface area contributed by atoms with Crippen LogP contribution in [0.25, 0.3) is 5.52 Å². The number of hydrogen-bond acceptors (Lipinski definition) is 6. The molecule has 9 nitrogen and oxygen atoms in total. The molecule has 2 N–H and O–H groups in total. The number of amides is 1. The summed E-state index contributed by atoms with van der Waals surface area (Å²) in [5, 5.41) is 15.6. The lowest BCUT2D eigenvalue weighted by Gasteiger charge is -2.41. The Hall–Kier alpha value is -3.69. The van der Waals surface area contributed by atoms with Gasteiger partial charge in [0.2, 0.25) is 0 Å². The Kier molecular flexibility index (Phi) is 6.40. The zero-order valence-corrected chi connectivity index (χ0v) is 21.0. The van der Waals surface area contributed by atoms with E-state index in [0.717, 1.165) is 16.9 Å². The van der Waals surface area contributed by atoms with Crippen LogP contribution in [0.1, 0.15) is 44.6 Å². The molecule has 1 amide bonds. The van der Waals surface area contributed by atoms with Gasteiger partial charge in [-0.3, -0.25) is 5.41 Å². The van der Waals surface area contributed by atoms with Crippen LogP contribution in [0.2, 0.25) is 0 Å². The molecule has 3 aromatic heterocycles. The second kappa shape index (κ2) is 9.16. The van der Waals surface area contributed by atoms with Crippen molar-refractivity contribution >= 4 is 29.0 Å². The van der Waals surface area contributed by atoms with Crippen LogP contribution in [-0.2, 0) is 4.74 Å². The van der Waals surface area contributed by atoms with Crippen LogP contribution in [0.5, 0.6) is 0 Å². The van der Waals surface area contributed by atoms with Gasteiger partial charge in [-0.05, 0) is 59.7 Å². The number of hydrogen-bond donors (Lipinski definition) is 2. The molecule has 0 aliphatic carbocycles. The highest BCUT2D eigenvalue weighted by atomic mass is 19.1. The van der Waals surface area contributed by atoms with Gasteiger partial charge in [-0.25, -0.2) is 18.7 Å². The van der Waals surface area contributed by atoms with Crippen LogP contribution < -0.4 is 10.2 Å². The maximum Gasteiger partial charge on any atom is 0.410 e. The van der Waals surface area contributed by atoms with Crippen molar-refractivity contribution in [1.82, 2.24) is 19.5 Å². The van der Waals surface area contributed by atoms with Gasteiger partial charge in [0.25, 0.3) is 0 Å². The van der Waals surface area contributed by atoms with Gasteiger partial charge < -0.3 is 19.9 Å². The van der Waals surface area contributed by atoms with Gasteiger partial charge in [0, 0.05) is 43.0 Å². The van der Waals surface area contributed by atoms with Crippen LogP contribution in [-0.4, -0.2) is 62.7 Å². The Balaban J connectivity index is 1.44. The largest absolute Gasteiger partial charge is 0.444 e. The smallest absolute Gasteiger partial charge is 0.410 e. The Bertz CT molecular complexity index is 1280. The number of amidine groups is 1. The molecule has 0 radical (unpaired) electrons. The lowest BCUT2D eigenvalue weighted by Crippen LogP contribution is -2.55. The van der Waals surface area contributed by atoms with Gasteiger partial charge in [-0.2, -0.15) is 5.10 Å². The van der Waals surface area contributed by atoms with E-state index in [0.29, 0.717) is 30.9 Å². The minimum absolute atomic E-state index is 0.0126. The predicted molar refractivity (Wildman–Crippen MR) is 134 cm³/mol. The van der Waals surface area contributed by atoms with E-state index in [1.54, 1.807) is 11.1 Å². The van der Waals surface area contributed by atoms with Crippen molar-refractivity contribution in [2.24, 2.45) is 0 Å². The van der Waals surface area contributed by atoms with E-state index in [1.165, 1.54) is 6.07 Å². The van der Waals surface area contributed by atoms with Gasteiger partial charge in [-0.15, -0.1) is 0 Å². The Morgan fingerprint density at radius 2 is 1.94 bits per heavy atom. The first-order chi connectivity index (χ1) is 16.4. The summed E-state index contributed by atoms with van der Waals surface area (Å²) in [7, 11) is 0. The summed E-state index contributed by atoms with van der Waals surface area (Å²) < 4.78 is 22.3. The first kappa shape index (κ1) is 24.4. The van der Waals surface area contributed by atoms with Crippen molar-refractivity contribution in [3.05, 3.63) is 53.2 Å². The van der Waals surface area contributed by atoms with Crippen LogP contribution in [0.4, 0.5) is 20.7 Å². The molecule has 4 heterocycles. The van der Waals surface area contributed by atoms with Gasteiger partial charge in [0.1, 0.15) is 11.4 Å². The molecule has 186 valence electrons. The Labute approximate surface area is 204 Å². The summed E-state index contributed by atoms with van der Waals surface area (Å²) in [5.74, 6) is -0.512. The molecule has 1 atom stereocenters. The third kappa shape index (κ3) is 5.36. The van der Waals surface area contributed by atoms with Crippen molar-refractivity contribution in [2.45, 2.75) is 53.2 Å². The normalized spacial score (nSPS) is 16.5. The van der Waals surface area contributed by atoms with E-state index in [1.807, 2.05) is 69.2 Å². The molecule has 3 aromatic rings. The van der Waals surface area contributed by atoms with E-state index in [-0.39, 0.29) is 23.8 Å². The third-order valence-corrected chi connectivity index (χ3v) is 5.84. The topological polar surface area (TPSA) is 98.9 Å². The van der Waals surface area contributed by atoms with Crippen LogP contribution in [0, 0.1) is 25.1 Å². The zero-order valence-electron chi connectivity index (χ0n) is 21.0. The number of halogens is 1. The van der Waals surface area contributed by atoms with E-state index in [2.05, 4.69) is 15.4 Å². The fourth-order valence-electron chi connectivity index (χ4n) is 4.20. The molecule has 1 fully saturated rings. The lowest BCUT2D eigenvalue weighted by atomic mass is 10.1. The number of carbonyl (C=O) groups excluding carboxylic acids is 1. The second-order valence-corrected chi connectivity index (χ2v) is 10.0. The minimum Gasteiger partial charge on any atom is -0.444 e. The summed E-state index contributed by atoms with van der Waals surface area (Å²) in [4.78, 5) is 20.4. The number of carbonyl (C=O) groups is 1. The number of anilines is 2. The van der Waals surface area contributed by atoms with Crippen LogP contribution in [0.3, 0.4) is 0 Å². The highest BCUT2D eigenvalue weighted by molar-refractivity contribution is 6.06. The SMILES string of the molecule is Cc1cc2cc(C(=N)Nc3ncc(N4CCN(C(=O)OC(C)(C)C)[C@@H](C)C4)cc3F)cc(C)n2n1. The molecule has 0 aromatic carbocycles. The molecule has 0 bridgehead atoms. The zero-order chi connectivity index (χ0) is 25.5. The summed E-state index contributed by atoms with van der Waals surface area (Å²) in [6.07, 6.45) is 1.25. The fourth-order valence-corrected chi connectivity index (χ4v) is 4.20. The highest BCUT2D eigenvalue weighted by Gasteiger charge is 2.31. The van der Waals surface area contributed by atoms with Gasteiger partial charge in [0.15, 0.2) is 11.6 Å². The number of ether oxygens (including phenoxy) is 1. The molecule has 1 saturated heterocycles. The van der Waals surface area contributed by atoms with Crippen LogP contribution >= 0.6 is 0 Å². The first-order valence-corrected chi connectivity index (χ1v) is 11.6. The monoisotopic (exact) mass is 481 g/mol. The maximum absolute atomic E-state index is 15.0. The number of nitrogens with one attached hydrogen (secondary N) is 2. The predicted octanol–water partition coefficient (Wildman–Crippen LogP) is 4.37. The fraction of sp³-hybridized carbons (Fsp3) is 0.440. The molecule has 1 aliphatic rings. The Morgan fingerprint density at radius 1 is 1.20 bits per heavy atom. The number of pyridine rings is 2. The molecule has 10 heteroatoms. The summed E-state index contributed by atoms with van der Waals surface area (Å²) >= 11 is 0. The van der Waals surface area contributed by atoms with E-state index < -0.39 is 11.4 Å². The second-order valence-electron chi connectivity index (χ2n) is 10.0. The summed E-state index contributed by atoms with van der Waals surface area (Å²) in [5.41, 5.74) is 3.32. The average molecular weight is 482 g/mol.